The summed E-state index contributed by atoms with van der Waals surface area (Å²) in [6.07, 6.45) is 2.45. The first kappa shape index (κ1) is 23.3. The van der Waals surface area contributed by atoms with E-state index in [0.717, 1.165) is 0 Å². The minimum Gasteiger partial charge on any atom is -0.388 e. The van der Waals surface area contributed by atoms with Crippen LogP contribution in [-0.2, 0) is 24.0 Å². The second kappa shape index (κ2) is 10.3. The standard InChI is InChI=1S/C22H26N4O6/c1-13-9-16(25-21(31)20(30)24-15-5-3-2-4-6-15)22(32)26(11-13)17(18(28)12-27)10-14-7-8-23-19(14)29/h2-6,11,13-14,16-17,27H,7-10,12H2,1H3,(H2-,23,24,25,29,30,31)/p+1/t13?,14-,16-,17-/m0/s1. The lowest BCUT2D eigenvalue weighted by molar-refractivity contribution is -0.479. The third-order valence-corrected chi connectivity index (χ3v) is 5.65. The number of para-hydroxylation sites is 1. The number of rotatable bonds is 7. The molecule has 10 heteroatoms. The fourth-order valence-electron chi connectivity index (χ4n) is 4.02. The molecule has 1 fully saturated rings. The van der Waals surface area contributed by atoms with Gasteiger partial charge in [0, 0.05) is 30.5 Å². The van der Waals surface area contributed by atoms with Crippen molar-refractivity contribution in [3.63, 3.8) is 0 Å². The average molecular weight is 443 g/mol. The summed E-state index contributed by atoms with van der Waals surface area (Å²) in [5.41, 5.74) is 0.439. The highest BCUT2D eigenvalue weighted by Crippen LogP contribution is 2.21. The maximum atomic E-state index is 13.1. The Bertz CT molecular complexity index is 945. The summed E-state index contributed by atoms with van der Waals surface area (Å²) in [4.78, 5) is 62.2. The van der Waals surface area contributed by atoms with E-state index < -0.39 is 48.1 Å². The molecule has 2 heterocycles. The molecule has 4 atom stereocenters. The van der Waals surface area contributed by atoms with Crippen LogP contribution in [-0.4, -0.2) is 70.5 Å². The van der Waals surface area contributed by atoms with Gasteiger partial charge in [0.1, 0.15) is 6.61 Å². The number of amides is 4. The molecule has 0 aromatic heterocycles. The molecular weight excluding hydrogens is 416 g/mol. The molecule has 1 unspecified atom stereocenters. The topological polar surface area (TPSA) is 145 Å². The molecule has 0 spiro atoms. The fraction of sp³-hybridized carbons (Fsp3) is 0.455. The number of aliphatic hydroxyl groups is 1. The van der Waals surface area contributed by atoms with Gasteiger partial charge < -0.3 is 21.1 Å². The minimum absolute atomic E-state index is 0.0787. The van der Waals surface area contributed by atoms with Gasteiger partial charge in [-0.2, -0.15) is 4.58 Å². The predicted octanol–water partition coefficient (Wildman–Crippen LogP) is -0.784. The van der Waals surface area contributed by atoms with Gasteiger partial charge in [0.05, 0.1) is 0 Å². The maximum Gasteiger partial charge on any atom is 0.409 e. The van der Waals surface area contributed by atoms with E-state index in [9.17, 15) is 29.1 Å². The van der Waals surface area contributed by atoms with E-state index in [1.807, 2.05) is 6.92 Å². The highest BCUT2D eigenvalue weighted by atomic mass is 16.3. The minimum atomic E-state index is -1.03. The monoisotopic (exact) mass is 443 g/mol. The van der Waals surface area contributed by atoms with Crippen LogP contribution < -0.4 is 16.0 Å². The molecule has 0 radical (unpaired) electrons. The summed E-state index contributed by atoms with van der Waals surface area (Å²) >= 11 is 0. The number of aliphatic hydroxyl groups excluding tert-OH is 1. The van der Waals surface area contributed by atoms with Crippen LogP contribution in [0.4, 0.5) is 5.69 Å². The van der Waals surface area contributed by atoms with E-state index in [1.165, 1.54) is 4.58 Å². The molecule has 1 saturated heterocycles. The molecule has 4 N–H and O–H groups in total. The zero-order chi connectivity index (χ0) is 23.3. The molecule has 10 nitrogen and oxygen atoms in total. The van der Waals surface area contributed by atoms with Crippen LogP contribution in [0, 0.1) is 11.8 Å². The van der Waals surface area contributed by atoms with Gasteiger partial charge in [0.2, 0.25) is 17.7 Å². The number of benzene rings is 1. The summed E-state index contributed by atoms with van der Waals surface area (Å²) < 4.78 is 1.21. The van der Waals surface area contributed by atoms with Crippen molar-refractivity contribution in [2.75, 3.05) is 18.5 Å². The molecule has 170 valence electrons. The van der Waals surface area contributed by atoms with E-state index >= 15 is 0 Å². The van der Waals surface area contributed by atoms with Gasteiger partial charge in [0.15, 0.2) is 12.3 Å². The molecule has 2 aliphatic heterocycles. The molecule has 1 aromatic rings. The highest BCUT2D eigenvalue weighted by Gasteiger charge is 2.45. The Kier molecular flexibility index (Phi) is 7.47. The molecule has 2 aliphatic rings. The van der Waals surface area contributed by atoms with Gasteiger partial charge in [-0.15, -0.1) is 0 Å². The molecule has 0 aliphatic carbocycles. The number of anilines is 1. The third kappa shape index (κ3) is 5.44. The number of ketones is 1. The normalized spacial score (nSPS) is 23.7. The van der Waals surface area contributed by atoms with Crippen LogP contribution in [0.2, 0.25) is 0 Å². The smallest absolute Gasteiger partial charge is 0.388 e. The van der Waals surface area contributed by atoms with Crippen LogP contribution in [0.1, 0.15) is 26.2 Å². The van der Waals surface area contributed by atoms with Gasteiger partial charge in [-0.1, -0.05) is 25.1 Å². The number of carbonyl (C=O) groups excluding carboxylic acids is 5. The second-order valence-corrected chi connectivity index (χ2v) is 8.11. The maximum absolute atomic E-state index is 13.1. The molecule has 32 heavy (non-hydrogen) atoms. The first-order valence-corrected chi connectivity index (χ1v) is 10.6. The van der Waals surface area contributed by atoms with Gasteiger partial charge in [-0.25, -0.2) is 4.79 Å². The van der Waals surface area contributed by atoms with E-state index in [-0.39, 0.29) is 24.7 Å². The second-order valence-electron chi connectivity index (χ2n) is 8.11. The highest BCUT2D eigenvalue weighted by molar-refractivity contribution is 6.40. The fourth-order valence-corrected chi connectivity index (χ4v) is 4.02. The van der Waals surface area contributed by atoms with Crippen LogP contribution in [0.15, 0.2) is 30.3 Å². The number of nitrogens with one attached hydrogen (secondary N) is 3. The zero-order valence-corrected chi connectivity index (χ0v) is 17.7. The molecule has 4 amide bonds. The SMILES string of the molecule is CC1C=[N+]([C@@H](C[C@@H]2CCNC2=O)C(=O)CO)C(=O)[C@@H](NC(=O)C(=O)Nc2ccccc2)C1. The lowest BCUT2D eigenvalue weighted by Crippen LogP contribution is -2.56. The Hall–Kier alpha value is -3.40. The third-order valence-electron chi connectivity index (χ3n) is 5.65. The van der Waals surface area contributed by atoms with E-state index in [2.05, 4.69) is 16.0 Å². The van der Waals surface area contributed by atoms with Crippen molar-refractivity contribution >= 4 is 41.3 Å². The lowest BCUT2D eigenvalue weighted by atomic mass is 9.92. The van der Waals surface area contributed by atoms with Crippen LogP contribution >= 0.6 is 0 Å². The summed E-state index contributed by atoms with van der Waals surface area (Å²) in [5.74, 6) is -3.87. The first-order chi connectivity index (χ1) is 15.3. The van der Waals surface area contributed by atoms with Crippen molar-refractivity contribution in [1.29, 1.82) is 0 Å². The Labute approximate surface area is 185 Å². The predicted molar refractivity (Wildman–Crippen MR) is 114 cm³/mol. The Morgan fingerprint density at radius 3 is 2.53 bits per heavy atom. The van der Waals surface area contributed by atoms with Crippen LogP contribution in [0.3, 0.4) is 0 Å². The summed E-state index contributed by atoms with van der Waals surface area (Å²) in [6, 6.07) is 6.38. The van der Waals surface area contributed by atoms with Crippen molar-refractivity contribution in [3.8, 4) is 0 Å². The van der Waals surface area contributed by atoms with E-state index in [1.54, 1.807) is 36.5 Å². The number of hydrogen-bond acceptors (Lipinski definition) is 6. The molecule has 3 rings (SSSR count). The average Bonchev–Trinajstić information content (AvgIpc) is 3.19. The number of Topliss-reactive ketones (excluding diaryl/α,β-unsaturated/α-hetero) is 1. The summed E-state index contributed by atoms with van der Waals surface area (Å²) in [6.45, 7) is 1.53. The van der Waals surface area contributed by atoms with E-state index in [0.29, 0.717) is 18.7 Å². The Morgan fingerprint density at radius 2 is 1.91 bits per heavy atom. The number of carbonyl (C=O) groups is 5. The number of hydrogen-bond donors (Lipinski definition) is 4. The van der Waals surface area contributed by atoms with Crippen molar-refractivity contribution in [1.82, 2.24) is 10.6 Å². The van der Waals surface area contributed by atoms with Gasteiger partial charge in [0.25, 0.3) is 0 Å². The van der Waals surface area contributed by atoms with Gasteiger partial charge in [-0.05, 0) is 25.0 Å². The van der Waals surface area contributed by atoms with Crippen LogP contribution in [0.5, 0.6) is 0 Å². The molecule has 1 aromatic carbocycles. The lowest BCUT2D eigenvalue weighted by Gasteiger charge is -2.25. The Morgan fingerprint density at radius 1 is 1.19 bits per heavy atom. The summed E-state index contributed by atoms with van der Waals surface area (Å²) in [5, 5.41) is 17.0. The largest absolute Gasteiger partial charge is 0.409 e. The Balaban J connectivity index is 1.73. The van der Waals surface area contributed by atoms with Crippen LogP contribution in [0.25, 0.3) is 0 Å². The van der Waals surface area contributed by atoms with Crippen molar-refractivity contribution < 1.29 is 33.7 Å². The van der Waals surface area contributed by atoms with Crippen molar-refractivity contribution in [2.45, 2.75) is 38.3 Å². The quantitative estimate of drug-likeness (QED) is 0.321. The van der Waals surface area contributed by atoms with Crippen molar-refractivity contribution in [2.24, 2.45) is 11.8 Å². The van der Waals surface area contributed by atoms with Crippen molar-refractivity contribution in [3.05, 3.63) is 30.3 Å². The summed E-state index contributed by atoms with van der Waals surface area (Å²) in [7, 11) is 0. The van der Waals surface area contributed by atoms with E-state index in [4.69, 9.17) is 0 Å². The van der Waals surface area contributed by atoms with Gasteiger partial charge in [-0.3, -0.25) is 19.2 Å². The molecular formula is C22H27N4O6+. The zero-order valence-electron chi connectivity index (χ0n) is 17.7. The molecule has 0 saturated carbocycles. The first-order valence-electron chi connectivity index (χ1n) is 10.6. The van der Waals surface area contributed by atoms with Gasteiger partial charge >= 0.3 is 17.7 Å². The number of nitrogens with zero attached hydrogens (tertiary/aromatic N) is 1. The molecule has 0 bridgehead atoms.